The van der Waals surface area contributed by atoms with Gasteiger partial charge < -0.3 is 18.8 Å². The van der Waals surface area contributed by atoms with Crippen LogP contribution < -0.4 is 14.3 Å². The van der Waals surface area contributed by atoms with Gasteiger partial charge in [0.2, 0.25) is 0 Å². The van der Waals surface area contributed by atoms with Gasteiger partial charge >= 0.3 is 0 Å². The fraction of sp³-hybridized carbons (Fsp3) is 0.333. The van der Waals surface area contributed by atoms with E-state index in [0.717, 1.165) is 14.7 Å². The number of carbonyl (C=O) groups excluding carboxylic acids is 1. The van der Waals surface area contributed by atoms with Gasteiger partial charge in [-0.2, -0.15) is 4.99 Å². The van der Waals surface area contributed by atoms with Crippen LogP contribution in [-0.2, 0) is 11.3 Å². The SMILES string of the molecule is CCOc1ccc(C(=O)N=c2sc3cc(Br)ccc3n2CCOC)cc1OCC. The number of hydrogen-bond acceptors (Lipinski definition) is 5. The fourth-order valence-corrected chi connectivity index (χ4v) is 4.47. The van der Waals surface area contributed by atoms with Gasteiger partial charge in [-0.1, -0.05) is 27.3 Å². The second-order valence-corrected chi connectivity index (χ2v) is 8.01. The Bertz CT molecular complexity index is 1070. The van der Waals surface area contributed by atoms with Crippen molar-refractivity contribution in [2.45, 2.75) is 20.4 Å². The quantitative estimate of drug-likeness (QED) is 0.472. The molecule has 0 aliphatic rings. The van der Waals surface area contributed by atoms with Crippen molar-refractivity contribution in [3.8, 4) is 11.5 Å². The third-order valence-electron chi connectivity index (χ3n) is 4.15. The summed E-state index contributed by atoms with van der Waals surface area (Å²) in [6.45, 7) is 5.94. The van der Waals surface area contributed by atoms with Crippen molar-refractivity contribution in [2.24, 2.45) is 4.99 Å². The average Bonchev–Trinajstić information content (AvgIpc) is 3.03. The number of ether oxygens (including phenoxy) is 3. The highest BCUT2D eigenvalue weighted by atomic mass is 79.9. The monoisotopic (exact) mass is 478 g/mol. The van der Waals surface area contributed by atoms with Crippen molar-refractivity contribution in [3.63, 3.8) is 0 Å². The summed E-state index contributed by atoms with van der Waals surface area (Å²) in [4.78, 5) is 17.9. The van der Waals surface area contributed by atoms with E-state index >= 15 is 0 Å². The van der Waals surface area contributed by atoms with Crippen LogP contribution in [-0.4, -0.2) is 37.4 Å². The molecule has 0 bridgehead atoms. The molecule has 3 aromatic rings. The Morgan fingerprint density at radius 3 is 2.59 bits per heavy atom. The minimum atomic E-state index is -0.328. The van der Waals surface area contributed by atoms with Crippen molar-refractivity contribution in [3.05, 3.63) is 51.2 Å². The maximum absolute atomic E-state index is 12.9. The third kappa shape index (κ3) is 5.07. The number of thiazole rings is 1. The molecule has 1 amide bonds. The molecule has 0 saturated heterocycles. The summed E-state index contributed by atoms with van der Waals surface area (Å²) in [6, 6.07) is 11.2. The van der Waals surface area contributed by atoms with Crippen LogP contribution in [0.4, 0.5) is 0 Å². The molecule has 1 aromatic heterocycles. The molecule has 2 aromatic carbocycles. The maximum atomic E-state index is 12.9. The van der Waals surface area contributed by atoms with Gasteiger partial charge in [-0.3, -0.25) is 4.79 Å². The molecule has 0 saturated carbocycles. The molecule has 154 valence electrons. The van der Waals surface area contributed by atoms with E-state index < -0.39 is 0 Å². The minimum absolute atomic E-state index is 0.328. The van der Waals surface area contributed by atoms with Crippen molar-refractivity contribution < 1.29 is 19.0 Å². The van der Waals surface area contributed by atoms with Crippen LogP contribution in [0.3, 0.4) is 0 Å². The highest BCUT2D eigenvalue weighted by Gasteiger charge is 2.13. The van der Waals surface area contributed by atoms with Crippen molar-refractivity contribution >= 4 is 43.4 Å². The summed E-state index contributed by atoms with van der Waals surface area (Å²) in [7, 11) is 1.66. The molecule has 0 N–H and O–H groups in total. The van der Waals surface area contributed by atoms with Crippen LogP contribution >= 0.6 is 27.3 Å². The van der Waals surface area contributed by atoms with Gasteiger partial charge in [0.1, 0.15) is 0 Å². The minimum Gasteiger partial charge on any atom is -0.490 e. The summed E-state index contributed by atoms with van der Waals surface area (Å²) in [6.07, 6.45) is 0. The largest absolute Gasteiger partial charge is 0.490 e. The zero-order chi connectivity index (χ0) is 20.8. The molecule has 0 fully saturated rings. The zero-order valence-corrected chi connectivity index (χ0v) is 19.0. The van der Waals surface area contributed by atoms with Gasteiger partial charge in [0.25, 0.3) is 5.91 Å². The number of benzene rings is 2. The lowest BCUT2D eigenvalue weighted by Crippen LogP contribution is -2.19. The predicted octanol–water partition coefficient (Wildman–Crippen LogP) is 4.65. The Kier molecular flexibility index (Phi) is 7.46. The van der Waals surface area contributed by atoms with Gasteiger partial charge in [-0.05, 0) is 50.2 Å². The smallest absolute Gasteiger partial charge is 0.279 e. The topological polar surface area (TPSA) is 62.0 Å². The maximum Gasteiger partial charge on any atom is 0.279 e. The number of halogens is 1. The van der Waals surface area contributed by atoms with E-state index in [9.17, 15) is 4.79 Å². The first-order valence-electron chi connectivity index (χ1n) is 9.33. The van der Waals surface area contributed by atoms with Crippen LogP contribution in [0.5, 0.6) is 11.5 Å². The zero-order valence-electron chi connectivity index (χ0n) is 16.6. The highest BCUT2D eigenvalue weighted by molar-refractivity contribution is 9.10. The number of aromatic nitrogens is 1. The van der Waals surface area contributed by atoms with Crippen LogP contribution in [0.25, 0.3) is 10.2 Å². The second-order valence-electron chi connectivity index (χ2n) is 6.09. The van der Waals surface area contributed by atoms with E-state index in [4.69, 9.17) is 14.2 Å². The Morgan fingerprint density at radius 2 is 1.86 bits per heavy atom. The van der Waals surface area contributed by atoms with E-state index in [2.05, 4.69) is 20.9 Å². The Labute approximate surface area is 181 Å². The van der Waals surface area contributed by atoms with E-state index in [1.54, 1.807) is 25.3 Å². The summed E-state index contributed by atoms with van der Waals surface area (Å²) < 4.78 is 20.5. The summed E-state index contributed by atoms with van der Waals surface area (Å²) in [5.74, 6) is 0.835. The lowest BCUT2D eigenvalue weighted by Gasteiger charge is -2.11. The molecule has 8 heteroatoms. The average molecular weight is 479 g/mol. The molecular weight excluding hydrogens is 456 g/mol. The van der Waals surface area contributed by atoms with Gasteiger partial charge in [0.15, 0.2) is 16.3 Å². The summed E-state index contributed by atoms with van der Waals surface area (Å²) in [5, 5.41) is 0. The standard InChI is InChI=1S/C21H23BrN2O4S/c1-4-27-17-9-6-14(12-18(17)28-5-2)20(25)23-21-24(10-11-26-3)16-8-7-15(22)13-19(16)29-21/h6-9,12-13H,4-5,10-11H2,1-3H3. The molecule has 6 nitrogen and oxygen atoms in total. The molecule has 0 spiro atoms. The fourth-order valence-electron chi connectivity index (χ4n) is 2.87. The molecule has 0 unspecified atom stereocenters. The molecule has 0 atom stereocenters. The number of fused-ring (bicyclic) bond motifs is 1. The molecule has 0 aliphatic carbocycles. The number of rotatable bonds is 8. The normalized spacial score (nSPS) is 11.8. The van der Waals surface area contributed by atoms with Crippen LogP contribution in [0.2, 0.25) is 0 Å². The number of amides is 1. The van der Waals surface area contributed by atoms with E-state index in [1.807, 2.05) is 36.6 Å². The summed E-state index contributed by atoms with van der Waals surface area (Å²) >= 11 is 4.97. The van der Waals surface area contributed by atoms with Crippen molar-refractivity contribution in [1.82, 2.24) is 4.57 Å². The van der Waals surface area contributed by atoms with E-state index in [-0.39, 0.29) is 5.91 Å². The number of hydrogen-bond donors (Lipinski definition) is 0. The van der Waals surface area contributed by atoms with Crippen LogP contribution in [0.1, 0.15) is 24.2 Å². The third-order valence-corrected chi connectivity index (χ3v) is 5.69. The lowest BCUT2D eigenvalue weighted by atomic mass is 10.2. The van der Waals surface area contributed by atoms with Crippen LogP contribution in [0, 0.1) is 0 Å². The lowest BCUT2D eigenvalue weighted by molar-refractivity contribution is 0.0997. The van der Waals surface area contributed by atoms with Crippen molar-refractivity contribution in [2.75, 3.05) is 26.9 Å². The van der Waals surface area contributed by atoms with E-state index in [0.29, 0.717) is 48.2 Å². The Hall–Kier alpha value is -2.16. The first kappa shape index (κ1) is 21.5. The highest BCUT2D eigenvalue weighted by Crippen LogP contribution is 2.29. The summed E-state index contributed by atoms with van der Waals surface area (Å²) in [5.41, 5.74) is 1.47. The number of methoxy groups -OCH3 is 1. The number of nitrogens with zero attached hydrogens (tertiary/aromatic N) is 2. The van der Waals surface area contributed by atoms with E-state index in [1.165, 1.54) is 11.3 Å². The van der Waals surface area contributed by atoms with Gasteiger partial charge in [-0.25, -0.2) is 0 Å². The number of carbonyl (C=O) groups is 1. The van der Waals surface area contributed by atoms with Crippen molar-refractivity contribution in [1.29, 1.82) is 0 Å². The molecule has 0 radical (unpaired) electrons. The Balaban J connectivity index is 2.04. The van der Waals surface area contributed by atoms with Crippen LogP contribution in [0.15, 0.2) is 45.9 Å². The second kappa shape index (κ2) is 10.0. The van der Waals surface area contributed by atoms with Gasteiger partial charge in [-0.15, -0.1) is 0 Å². The van der Waals surface area contributed by atoms with Gasteiger partial charge in [0.05, 0.1) is 30.0 Å². The molecule has 1 heterocycles. The first-order chi connectivity index (χ1) is 14.1. The molecule has 3 rings (SSSR count). The molecule has 0 aliphatic heterocycles. The Morgan fingerprint density at radius 1 is 1.10 bits per heavy atom. The van der Waals surface area contributed by atoms with Gasteiger partial charge in [0, 0.05) is 23.7 Å². The predicted molar refractivity (Wildman–Crippen MR) is 118 cm³/mol. The first-order valence-corrected chi connectivity index (χ1v) is 10.9. The molecule has 29 heavy (non-hydrogen) atoms. The molecular formula is C21H23BrN2O4S.